The van der Waals surface area contributed by atoms with E-state index in [0.29, 0.717) is 11.4 Å². The molecule has 0 spiro atoms. The van der Waals surface area contributed by atoms with E-state index < -0.39 is 17.9 Å². The van der Waals surface area contributed by atoms with Gasteiger partial charge in [-0.05, 0) is 37.3 Å². The summed E-state index contributed by atoms with van der Waals surface area (Å²) >= 11 is 0. The third kappa shape index (κ3) is 4.23. The standard InChI is InChI=1S/C18H18N6O4/c1-11(18(27)28)24-9-7-15(22-24)17(26)20-13-5-3-4-12(10-13)19-16(25)14-6-8-23(2)21-14/h3-11H,1-2H3,(H,19,25)(H,20,26)(H,27,28). The van der Waals surface area contributed by atoms with Crippen LogP contribution in [0.5, 0.6) is 0 Å². The lowest BCUT2D eigenvalue weighted by Gasteiger charge is -2.08. The summed E-state index contributed by atoms with van der Waals surface area (Å²) in [6.07, 6.45) is 3.09. The minimum Gasteiger partial charge on any atom is -0.480 e. The summed E-state index contributed by atoms with van der Waals surface area (Å²) in [6.45, 7) is 1.46. The zero-order valence-corrected chi connectivity index (χ0v) is 15.2. The lowest BCUT2D eigenvalue weighted by atomic mass is 10.2. The number of carbonyl (C=O) groups is 3. The van der Waals surface area contributed by atoms with Gasteiger partial charge < -0.3 is 15.7 Å². The number of aromatic nitrogens is 4. The number of aliphatic carboxylic acids is 1. The molecule has 0 radical (unpaired) electrons. The summed E-state index contributed by atoms with van der Waals surface area (Å²) in [5.41, 5.74) is 1.29. The quantitative estimate of drug-likeness (QED) is 0.595. The monoisotopic (exact) mass is 382 g/mol. The lowest BCUT2D eigenvalue weighted by Crippen LogP contribution is -2.18. The predicted molar refractivity (Wildman–Crippen MR) is 100 cm³/mol. The number of carboxylic acid groups (broad SMARTS) is 1. The molecule has 10 nitrogen and oxygen atoms in total. The van der Waals surface area contributed by atoms with Gasteiger partial charge in [0.2, 0.25) is 0 Å². The summed E-state index contributed by atoms with van der Waals surface area (Å²) in [7, 11) is 1.71. The van der Waals surface area contributed by atoms with Crippen LogP contribution < -0.4 is 10.6 Å². The molecule has 1 atom stereocenters. The summed E-state index contributed by atoms with van der Waals surface area (Å²) in [5.74, 6) is -1.92. The van der Waals surface area contributed by atoms with Gasteiger partial charge in [0, 0.05) is 30.8 Å². The van der Waals surface area contributed by atoms with Crippen LogP contribution in [0.3, 0.4) is 0 Å². The number of carbonyl (C=O) groups excluding carboxylic acids is 2. The van der Waals surface area contributed by atoms with Crippen molar-refractivity contribution in [2.75, 3.05) is 10.6 Å². The van der Waals surface area contributed by atoms with Crippen molar-refractivity contribution in [2.24, 2.45) is 7.05 Å². The van der Waals surface area contributed by atoms with Crippen molar-refractivity contribution in [1.82, 2.24) is 19.6 Å². The van der Waals surface area contributed by atoms with E-state index in [9.17, 15) is 14.4 Å². The number of nitrogens with zero attached hydrogens (tertiary/aromatic N) is 4. The van der Waals surface area contributed by atoms with Gasteiger partial charge in [0.25, 0.3) is 11.8 Å². The van der Waals surface area contributed by atoms with Crippen LogP contribution in [-0.2, 0) is 11.8 Å². The molecule has 1 aromatic carbocycles. The second kappa shape index (κ2) is 7.74. The highest BCUT2D eigenvalue weighted by Crippen LogP contribution is 2.17. The highest BCUT2D eigenvalue weighted by atomic mass is 16.4. The number of anilines is 2. The fourth-order valence-corrected chi connectivity index (χ4v) is 2.39. The van der Waals surface area contributed by atoms with Crippen molar-refractivity contribution in [3.63, 3.8) is 0 Å². The van der Waals surface area contributed by atoms with Crippen LogP contribution in [-0.4, -0.2) is 42.5 Å². The van der Waals surface area contributed by atoms with Crippen LogP contribution in [0, 0.1) is 0 Å². The van der Waals surface area contributed by atoms with E-state index >= 15 is 0 Å². The van der Waals surface area contributed by atoms with Gasteiger partial charge in [-0.3, -0.25) is 19.0 Å². The molecule has 0 saturated carbocycles. The van der Waals surface area contributed by atoms with Crippen molar-refractivity contribution >= 4 is 29.2 Å². The van der Waals surface area contributed by atoms with E-state index in [1.807, 2.05) is 0 Å². The number of nitrogens with one attached hydrogen (secondary N) is 2. The van der Waals surface area contributed by atoms with Crippen molar-refractivity contribution in [1.29, 1.82) is 0 Å². The van der Waals surface area contributed by atoms with Crippen LogP contribution >= 0.6 is 0 Å². The van der Waals surface area contributed by atoms with Crippen LogP contribution in [0.25, 0.3) is 0 Å². The minimum absolute atomic E-state index is 0.0797. The first kappa shape index (κ1) is 18.8. The summed E-state index contributed by atoms with van der Waals surface area (Å²) in [4.78, 5) is 35.5. The third-order valence-electron chi connectivity index (χ3n) is 3.92. The zero-order valence-electron chi connectivity index (χ0n) is 15.2. The molecule has 3 rings (SSSR count). The van der Waals surface area contributed by atoms with E-state index in [1.165, 1.54) is 28.6 Å². The molecule has 10 heteroatoms. The van der Waals surface area contributed by atoms with Crippen molar-refractivity contribution in [2.45, 2.75) is 13.0 Å². The van der Waals surface area contributed by atoms with Crippen LogP contribution in [0.2, 0.25) is 0 Å². The number of carboxylic acids is 1. The Balaban J connectivity index is 1.68. The van der Waals surface area contributed by atoms with Crippen molar-refractivity contribution < 1.29 is 19.5 Å². The molecule has 0 bridgehead atoms. The molecular weight excluding hydrogens is 364 g/mol. The molecule has 2 heterocycles. The number of aryl methyl sites for hydroxylation is 1. The topological polar surface area (TPSA) is 131 Å². The summed E-state index contributed by atoms with van der Waals surface area (Å²) < 4.78 is 2.72. The van der Waals surface area contributed by atoms with Gasteiger partial charge in [-0.2, -0.15) is 10.2 Å². The first-order valence-corrected chi connectivity index (χ1v) is 8.34. The highest BCUT2D eigenvalue weighted by molar-refractivity contribution is 6.05. The molecule has 3 N–H and O–H groups in total. The Morgan fingerprint density at radius 1 is 0.964 bits per heavy atom. The molecule has 2 aromatic heterocycles. The molecule has 0 fully saturated rings. The molecule has 28 heavy (non-hydrogen) atoms. The van der Waals surface area contributed by atoms with Gasteiger partial charge in [-0.25, -0.2) is 4.79 Å². The van der Waals surface area contributed by atoms with Crippen molar-refractivity contribution in [3.05, 3.63) is 60.2 Å². The van der Waals surface area contributed by atoms with E-state index in [4.69, 9.17) is 5.11 Å². The molecule has 0 aliphatic rings. The molecule has 0 saturated heterocycles. The maximum Gasteiger partial charge on any atom is 0.328 e. The number of hydrogen-bond donors (Lipinski definition) is 3. The SMILES string of the molecule is CC(C(=O)O)n1ccc(C(=O)Nc2cccc(NC(=O)c3ccn(C)n3)c2)n1. The van der Waals surface area contributed by atoms with Gasteiger partial charge in [-0.15, -0.1) is 0 Å². The number of benzene rings is 1. The Hall–Kier alpha value is -3.95. The van der Waals surface area contributed by atoms with Gasteiger partial charge in [0.15, 0.2) is 11.4 Å². The van der Waals surface area contributed by atoms with E-state index in [1.54, 1.807) is 43.6 Å². The fraction of sp³-hybridized carbons (Fsp3) is 0.167. The summed E-state index contributed by atoms with van der Waals surface area (Å²) in [5, 5.41) is 22.4. The molecule has 0 aliphatic carbocycles. The van der Waals surface area contributed by atoms with Crippen LogP contribution in [0.1, 0.15) is 33.9 Å². The maximum atomic E-state index is 12.3. The van der Waals surface area contributed by atoms with Crippen LogP contribution in [0.15, 0.2) is 48.8 Å². The molecule has 1 unspecified atom stereocenters. The van der Waals surface area contributed by atoms with E-state index in [0.717, 1.165) is 0 Å². The van der Waals surface area contributed by atoms with Gasteiger partial charge in [0.05, 0.1) is 0 Å². The Morgan fingerprint density at radius 2 is 1.54 bits per heavy atom. The van der Waals surface area contributed by atoms with Gasteiger partial charge in [-0.1, -0.05) is 6.07 Å². The predicted octanol–water partition coefficient (Wildman–Crippen LogP) is 1.77. The first-order chi connectivity index (χ1) is 13.3. The Labute approximate surface area is 159 Å². The number of rotatable bonds is 6. The van der Waals surface area contributed by atoms with E-state index in [2.05, 4.69) is 20.8 Å². The fourth-order valence-electron chi connectivity index (χ4n) is 2.39. The minimum atomic E-state index is -1.05. The Bertz CT molecular complexity index is 1040. The second-order valence-corrected chi connectivity index (χ2v) is 6.06. The molecule has 3 aromatic rings. The van der Waals surface area contributed by atoms with Gasteiger partial charge >= 0.3 is 5.97 Å². The largest absolute Gasteiger partial charge is 0.480 e. The molecule has 0 aliphatic heterocycles. The molecule has 144 valence electrons. The van der Waals surface area contributed by atoms with E-state index in [-0.39, 0.29) is 17.3 Å². The van der Waals surface area contributed by atoms with Gasteiger partial charge in [0.1, 0.15) is 6.04 Å². The number of amides is 2. The maximum absolute atomic E-state index is 12.3. The Kier molecular flexibility index (Phi) is 5.21. The van der Waals surface area contributed by atoms with Crippen molar-refractivity contribution in [3.8, 4) is 0 Å². The third-order valence-corrected chi connectivity index (χ3v) is 3.92. The van der Waals surface area contributed by atoms with Crippen LogP contribution in [0.4, 0.5) is 11.4 Å². The molecular formula is C18H18N6O4. The second-order valence-electron chi connectivity index (χ2n) is 6.06. The smallest absolute Gasteiger partial charge is 0.328 e. The average Bonchev–Trinajstić information content (AvgIpc) is 3.30. The summed E-state index contributed by atoms with van der Waals surface area (Å²) in [6, 6.07) is 8.75. The average molecular weight is 382 g/mol. The first-order valence-electron chi connectivity index (χ1n) is 8.34. The Morgan fingerprint density at radius 3 is 2.07 bits per heavy atom. The zero-order chi connectivity index (χ0) is 20.3. The lowest BCUT2D eigenvalue weighted by molar-refractivity contribution is -0.140. The number of hydrogen-bond acceptors (Lipinski definition) is 5. The molecule has 2 amide bonds. The normalized spacial score (nSPS) is 11.6. The highest BCUT2D eigenvalue weighted by Gasteiger charge is 2.17.